The van der Waals surface area contributed by atoms with Gasteiger partial charge >= 0.3 is 5.97 Å². The molecule has 1 fully saturated rings. The molecule has 1 aromatic rings. The van der Waals surface area contributed by atoms with Gasteiger partial charge in [-0.1, -0.05) is 0 Å². The molecule has 1 saturated heterocycles. The van der Waals surface area contributed by atoms with E-state index in [-0.39, 0.29) is 18.7 Å². The zero-order valence-electron chi connectivity index (χ0n) is 9.97. The number of hydrogen-bond donors (Lipinski definition) is 1. The third-order valence-corrected chi connectivity index (χ3v) is 2.96. The quantitative estimate of drug-likeness (QED) is 0.776. The number of alkyl halides is 1. The van der Waals surface area contributed by atoms with Crippen LogP contribution in [0.25, 0.3) is 0 Å². The van der Waals surface area contributed by atoms with Gasteiger partial charge in [0, 0.05) is 13.0 Å². The molecule has 1 aliphatic rings. The average Bonchev–Trinajstić information content (AvgIpc) is 2.81. The van der Waals surface area contributed by atoms with Crippen LogP contribution in [0.15, 0.2) is 12.1 Å². The minimum atomic E-state index is -1.58. The van der Waals surface area contributed by atoms with Gasteiger partial charge < -0.3 is 14.7 Å². The number of aliphatic hydroxyl groups is 1. The molecule has 0 aromatic carbocycles. The van der Waals surface area contributed by atoms with Gasteiger partial charge in [0.1, 0.15) is 0 Å². The Labute approximate surface area is 103 Å². The molecule has 0 amide bonds. The SMILES string of the molecule is COC(=O)c1ccc(N2CCC(F)(CO)C2)nn1. The number of anilines is 1. The summed E-state index contributed by atoms with van der Waals surface area (Å²) in [5.41, 5.74) is -1.47. The van der Waals surface area contributed by atoms with Crippen LogP contribution in [0.2, 0.25) is 0 Å². The van der Waals surface area contributed by atoms with Gasteiger partial charge in [-0.3, -0.25) is 0 Å². The summed E-state index contributed by atoms with van der Waals surface area (Å²) in [6.45, 7) is 0.0379. The first kappa shape index (κ1) is 12.7. The monoisotopic (exact) mass is 255 g/mol. The fraction of sp³-hybridized carbons (Fsp3) is 0.545. The van der Waals surface area contributed by atoms with Gasteiger partial charge in [-0.05, 0) is 12.1 Å². The fourth-order valence-electron chi connectivity index (χ4n) is 1.87. The molecule has 1 atom stereocenters. The molecule has 98 valence electrons. The second kappa shape index (κ2) is 4.85. The number of esters is 1. The third kappa shape index (κ3) is 2.40. The van der Waals surface area contributed by atoms with Crippen LogP contribution in [-0.2, 0) is 4.74 Å². The topological polar surface area (TPSA) is 75.5 Å². The smallest absolute Gasteiger partial charge is 0.358 e. The molecular weight excluding hydrogens is 241 g/mol. The summed E-state index contributed by atoms with van der Waals surface area (Å²) < 4.78 is 18.3. The van der Waals surface area contributed by atoms with E-state index >= 15 is 0 Å². The Bertz CT molecular complexity index is 440. The van der Waals surface area contributed by atoms with E-state index in [4.69, 9.17) is 5.11 Å². The Morgan fingerprint density at radius 2 is 2.39 bits per heavy atom. The standard InChI is InChI=1S/C11H14FN3O3/c1-18-10(17)8-2-3-9(14-13-8)15-5-4-11(12,6-15)7-16/h2-3,16H,4-7H2,1H3. The van der Waals surface area contributed by atoms with Gasteiger partial charge in [0.15, 0.2) is 17.2 Å². The number of carbonyl (C=O) groups excluding carboxylic acids is 1. The Balaban J connectivity index is 2.09. The van der Waals surface area contributed by atoms with E-state index in [1.165, 1.54) is 13.2 Å². The molecule has 6 nitrogen and oxygen atoms in total. The van der Waals surface area contributed by atoms with Crippen LogP contribution in [0, 0.1) is 0 Å². The number of aliphatic hydroxyl groups excluding tert-OH is 1. The number of ether oxygens (including phenoxy) is 1. The highest BCUT2D eigenvalue weighted by molar-refractivity contribution is 5.86. The van der Waals surface area contributed by atoms with Gasteiger partial charge in [0.25, 0.3) is 0 Å². The summed E-state index contributed by atoms with van der Waals surface area (Å²) >= 11 is 0. The molecule has 0 bridgehead atoms. The maximum Gasteiger partial charge on any atom is 0.358 e. The lowest BCUT2D eigenvalue weighted by atomic mass is 10.1. The molecule has 2 heterocycles. The largest absolute Gasteiger partial charge is 0.464 e. The summed E-state index contributed by atoms with van der Waals surface area (Å²) in [6, 6.07) is 3.06. The van der Waals surface area contributed by atoms with E-state index in [0.717, 1.165) is 0 Å². The van der Waals surface area contributed by atoms with E-state index < -0.39 is 18.2 Å². The van der Waals surface area contributed by atoms with Gasteiger partial charge in [-0.2, -0.15) is 0 Å². The van der Waals surface area contributed by atoms with Crippen LogP contribution in [0.4, 0.5) is 10.2 Å². The van der Waals surface area contributed by atoms with Crippen molar-refractivity contribution in [3.8, 4) is 0 Å². The van der Waals surface area contributed by atoms with Crippen molar-refractivity contribution in [3.63, 3.8) is 0 Å². The molecular formula is C11H14FN3O3. The molecule has 1 unspecified atom stereocenters. The second-order valence-corrected chi connectivity index (χ2v) is 4.25. The van der Waals surface area contributed by atoms with Crippen molar-refractivity contribution in [2.45, 2.75) is 12.1 Å². The summed E-state index contributed by atoms with van der Waals surface area (Å²) in [4.78, 5) is 12.8. The number of rotatable bonds is 3. The van der Waals surface area contributed by atoms with E-state index in [1.54, 1.807) is 11.0 Å². The molecule has 7 heteroatoms. The van der Waals surface area contributed by atoms with Crippen molar-refractivity contribution in [1.29, 1.82) is 0 Å². The van der Waals surface area contributed by atoms with E-state index in [1.807, 2.05) is 0 Å². The van der Waals surface area contributed by atoms with Crippen LogP contribution < -0.4 is 4.90 Å². The normalized spacial score (nSPS) is 23.2. The summed E-state index contributed by atoms with van der Waals surface area (Å²) in [5.74, 6) is -0.0821. The Kier molecular flexibility index (Phi) is 3.42. The Morgan fingerprint density at radius 3 is 2.89 bits per heavy atom. The lowest BCUT2D eigenvalue weighted by Gasteiger charge is -2.19. The lowest BCUT2D eigenvalue weighted by Crippen LogP contribution is -2.32. The molecule has 0 saturated carbocycles. The summed E-state index contributed by atoms with van der Waals surface area (Å²) in [6.07, 6.45) is 0.254. The number of halogens is 1. The average molecular weight is 255 g/mol. The number of methoxy groups -OCH3 is 1. The zero-order chi connectivity index (χ0) is 13.2. The molecule has 0 radical (unpaired) electrons. The van der Waals surface area contributed by atoms with Crippen molar-refractivity contribution in [3.05, 3.63) is 17.8 Å². The van der Waals surface area contributed by atoms with Crippen LogP contribution in [0.3, 0.4) is 0 Å². The first-order valence-electron chi connectivity index (χ1n) is 5.55. The van der Waals surface area contributed by atoms with Gasteiger partial charge in [-0.15, -0.1) is 10.2 Å². The maximum absolute atomic E-state index is 13.8. The lowest BCUT2D eigenvalue weighted by molar-refractivity contribution is 0.0592. The molecule has 0 spiro atoms. The van der Waals surface area contributed by atoms with Crippen molar-refractivity contribution in [2.24, 2.45) is 0 Å². The fourth-order valence-corrected chi connectivity index (χ4v) is 1.87. The molecule has 18 heavy (non-hydrogen) atoms. The third-order valence-electron chi connectivity index (χ3n) is 2.96. The predicted octanol–water partition coefficient (Wildman–Crippen LogP) is 0.174. The van der Waals surface area contributed by atoms with Crippen molar-refractivity contribution < 1.29 is 19.0 Å². The molecule has 1 aromatic heterocycles. The summed E-state index contributed by atoms with van der Waals surface area (Å²) in [7, 11) is 1.26. The van der Waals surface area contributed by atoms with Crippen molar-refractivity contribution in [1.82, 2.24) is 10.2 Å². The van der Waals surface area contributed by atoms with Crippen LogP contribution in [0.1, 0.15) is 16.9 Å². The summed E-state index contributed by atoms with van der Waals surface area (Å²) in [5, 5.41) is 16.5. The molecule has 1 N–H and O–H groups in total. The zero-order valence-corrected chi connectivity index (χ0v) is 9.97. The number of hydrogen-bond acceptors (Lipinski definition) is 6. The first-order valence-corrected chi connectivity index (χ1v) is 5.55. The highest BCUT2D eigenvalue weighted by Gasteiger charge is 2.38. The number of carbonyl (C=O) groups is 1. The van der Waals surface area contributed by atoms with Crippen LogP contribution >= 0.6 is 0 Å². The molecule has 2 rings (SSSR count). The first-order chi connectivity index (χ1) is 8.58. The van der Waals surface area contributed by atoms with Crippen LogP contribution in [-0.4, -0.2) is 53.7 Å². The predicted molar refractivity (Wildman–Crippen MR) is 61.1 cm³/mol. The van der Waals surface area contributed by atoms with E-state index in [9.17, 15) is 9.18 Å². The molecule has 0 aliphatic carbocycles. The van der Waals surface area contributed by atoms with E-state index in [2.05, 4.69) is 14.9 Å². The number of aromatic nitrogens is 2. The van der Waals surface area contributed by atoms with Crippen LogP contribution in [0.5, 0.6) is 0 Å². The minimum Gasteiger partial charge on any atom is -0.464 e. The second-order valence-electron chi connectivity index (χ2n) is 4.25. The van der Waals surface area contributed by atoms with E-state index in [0.29, 0.717) is 12.4 Å². The number of nitrogens with zero attached hydrogens (tertiary/aromatic N) is 3. The highest BCUT2D eigenvalue weighted by atomic mass is 19.1. The van der Waals surface area contributed by atoms with Crippen molar-refractivity contribution in [2.75, 3.05) is 31.7 Å². The maximum atomic E-state index is 13.8. The molecule has 1 aliphatic heterocycles. The minimum absolute atomic E-state index is 0.0791. The van der Waals surface area contributed by atoms with Gasteiger partial charge in [0.05, 0.1) is 20.3 Å². The van der Waals surface area contributed by atoms with Gasteiger partial charge in [0.2, 0.25) is 0 Å². The Morgan fingerprint density at radius 1 is 1.61 bits per heavy atom. The van der Waals surface area contributed by atoms with Gasteiger partial charge in [-0.25, -0.2) is 9.18 Å². The Hall–Kier alpha value is -1.76. The van der Waals surface area contributed by atoms with Crippen molar-refractivity contribution >= 4 is 11.8 Å². The highest BCUT2D eigenvalue weighted by Crippen LogP contribution is 2.27.